The first kappa shape index (κ1) is 11.2. The van der Waals surface area contributed by atoms with Gasteiger partial charge in [-0.25, -0.2) is 0 Å². The molecular formula is C10H13BrN2O. The van der Waals surface area contributed by atoms with Crippen LogP contribution in [0.3, 0.4) is 0 Å². The molecule has 76 valence electrons. The molecule has 0 saturated carbocycles. The van der Waals surface area contributed by atoms with Gasteiger partial charge in [-0.2, -0.15) is 0 Å². The van der Waals surface area contributed by atoms with Gasteiger partial charge in [-0.15, -0.1) is 0 Å². The lowest BCUT2D eigenvalue weighted by Crippen LogP contribution is -2.30. The fourth-order valence-corrected chi connectivity index (χ4v) is 1.41. The van der Waals surface area contributed by atoms with E-state index in [1.165, 1.54) is 0 Å². The van der Waals surface area contributed by atoms with Gasteiger partial charge >= 0.3 is 0 Å². The second kappa shape index (κ2) is 4.55. The molecule has 0 aliphatic carbocycles. The topological polar surface area (TPSA) is 42.0 Å². The summed E-state index contributed by atoms with van der Waals surface area (Å²) >= 11 is 3.29. The Labute approximate surface area is 92.1 Å². The quantitative estimate of drug-likeness (QED) is 0.883. The van der Waals surface area contributed by atoms with Gasteiger partial charge in [-0.05, 0) is 42.8 Å². The van der Waals surface area contributed by atoms with Gasteiger partial charge in [-0.1, -0.05) is 0 Å². The SMILES string of the molecule is Cc1ncc(Br)cc1C(=O)NC(C)C. The van der Waals surface area contributed by atoms with E-state index in [9.17, 15) is 4.79 Å². The third-order valence-electron chi connectivity index (χ3n) is 1.72. The zero-order valence-corrected chi connectivity index (χ0v) is 10.1. The van der Waals surface area contributed by atoms with E-state index in [1.54, 1.807) is 12.3 Å². The molecule has 0 aliphatic heterocycles. The van der Waals surface area contributed by atoms with Crippen molar-refractivity contribution in [2.24, 2.45) is 0 Å². The zero-order chi connectivity index (χ0) is 10.7. The van der Waals surface area contributed by atoms with Gasteiger partial charge in [0.05, 0.1) is 11.3 Å². The maximum atomic E-state index is 11.7. The van der Waals surface area contributed by atoms with Crippen molar-refractivity contribution < 1.29 is 4.79 Å². The summed E-state index contributed by atoms with van der Waals surface area (Å²) in [6, 6.07) is 1.92. The number of carbonyl (C=O) groups excluding carboxylic acids is 1. The van der Waals surface area contributed by atoms with Gasteiger partial charge < -0.3 is 5.32 Å². The van der Waals surface area contributed by atoms with Gasteiger partial charge in [0, 0.05) is 16.7 Å². The van der Waals surface area contributed by atoms with Crippen molar-refractivity contribution >= 4 is 21.8 Å². The maximum Gasteiger partial charge on any atom is 0.253 e. The number of carbonyl (C=O) groups is 1. The molecule has 14 heavy (non-hydrogen) atoms. The van der Waals surface area contributed by atoms with Gasteiger partial charge in [0.25, 0.3) is 5.91 Å². The Balaban J connectivity index is 2.94. The molecule has 1 aromatic heterocycles. The molecule has 0 unspecified atom stereocenters. The van der Waals surface area contributed by atoms with E-state index < -0.39 is 0 Å². The van der Waals surface area contributed by atoms with Crippen LogP contribution in [0.2, 0.25) is 0 Å². The molecule has 0 bridgehead atoms. The Hall–Kier alpha value is -0.900. The van der Waals surface area contributed by atoms with Gasteiger partial charge in [0.15, 0.2) is 0 Å². The van der Waals surface area contributed by atoms with E-state index in [2.05, 4.69) is 26.2 Å². The normalized spacial score (nSPS) is 10.4. The van der Waals surface area contributed by atoms with Crippen LogP contribution in [-0.2, 0) is 0 Å². The second-order valence-electron chi connectivity index (χ2n) is 3.41. The first-order chi connectivity index (χ1) is 6.50. The average molecular weight is 257 g/mol. The van der Waals surface area contributed by atoms with Crippen molar-refractivity contribution in [3.63, 3.8) is 0 Å². The fourth-order valence-electron chi connectivity index (χ4n) is 1.08. The van der Waals surface area contributed by atoms with E-state index in [1.807, 2.05) is 20.8 Å². The summed E-state index contributed by atoms with van der Waals surface area (Å²) < 4.78 is 0.817. The van der Waals surface area contributed by atoms with Crippen molar-refractivity contribution in [1.82, 2.24) is 10.3 Å². The first-order valence-electron chi connectivity index (χ1n) is 4.43. The van der Waals surface area contributed by atoms with E-state index in [0.29, 0.717) is 5.56 Å². The molecule has 3 nitrogen and oxygen atoms in total. The van der Waals surface area contributed by atoms with Gasteiger partial charge in [-0.3, -0.25) is 9.78 Å². The molecule has 0 aromatic carbocycles. The molecular weight excluding hydrogens is 244 g/mol. The fraction of sp³-hybridized carbons (Fsp3) is 0.400. The standard InChI is InChI=1S/C10H13BrN2O/c1-6(2)13-10(14)9-4-8(11)5-12-7(9)3/h4-6H,1-3H3,(H,13,14). The first-order valence-corrected chi connectivity index (χ1v) is 5.23. The highest BCUT2D eigenvalue weighted by Crippen LogP contribution is 2.13. The summed E-state index contributed by atoms with van der Waals surface area (Å²) in [4.78, 5) is 15.8. The molecule has 0 spiro atoms. The number of aromatic nitrogens is 1. The molecule has 4 heteroatoms. The Morgan fingerprint density at radius 1 is 1.57 bits per heavy atom. The third kappa shape index (κ3) is 2.80. The highest BCUT2D eigenvalue weighted by atomic mass is 79.9. The average Bonchev–Trinajstić information content (AvgIpc) is 2.08. The van der Waals surface area contributed by atoms with Crippen molar-refractivity contribution in [3.05, 3.63) is 28.0 Å². The summed E-state index contributed by atoms with van der Waals surface area (Å²) in [5, 5.41) is 2.83. The maximum absolute atomic E-state index is 11.7. The number of hydrogen-bond acceptors (Lipinski definition) is 2. The summed E-state index contributed by atoms with van der Waals surface area (Å²) in [6.07, 6.45) is 1.68. The molecule has 1 heterocycles. The van der Waals surface area contributed by atoms with Crippen molar-refractivity contribution in [1.29, 1.82) is 0 Å². The van der Waals surface area contributed by atoms with Crippen LogP contribution in [0.15, 0.2) is 16.7 Å². The number of amides is 1. The summed E-state index contributed by atoms with van der Waals surface area (Å²) in [7, 11) is 0. The van der Waals surface area contributed by atoms with Crippen LogP contribution in [0.4, 0.5) is 0 Å². The molecule has 0 atom stereocenters. The molecule has 0 radical (unpaired) electrons. The second-order valence-corrected chi connectivity index (χ2v) is 4.33. The molecule has 0 aliphatic rings. The molecule has 1 rings (SSSR count). The van der Waals surface area contributed by atoms with Crippen LogP contribution in [0.1, 0.15) is 29.9 Å². The number of aryl methyl sites for hydroxylation is 1. The Bertz CT molecular complexity index is 350. The summed E-state index contributed by atoms with van der Waals surface area (Å²) in [6.45, 7) is 5.68. The minimum atomic E-state index is -0.0775. The third-order valence-corrected chi connectivity index (χ3v) is 2.15. The van der Waals surface area contributed by atoms with Crippen LogP contribution in [-0.4, -0.2) is 16.9 Å². The number of rotatable bonds is 2. The van der Waals surface area contributed by atoms with Crippen molar-refractivity contribution in [2.75, 3.05) is 0 Å². The Morgan fingerprint density at radius 3 is 2.79 bits per heavy atom. The number of nitrogens with one attached hydrogen (secondary N) is 1. The zero-order valence-electron chi connectivity index (χ0n) is 8.47. The van der Waals surface area contributed by atoms with Crippen molar-refractivity contribution in [2.45, 2.75) is 26.8 Å². The lowest BCUT2D eigenvalue weighted by Gasteiger charge is -2.09. The Morgan fingerprint density at radius 2 is 2.21 bits per heavy atom. The minimum absolute atomic E-state index is 0.0775. The number of pyridine rings is 1. The van der Waals surface area contributed by atoms with Gasteiger partial charge in [0.1, 0.15) is 0 Å². The van der Waals surface area contributed by atoms with E-state index >= 15 is 0 Å². The lowest BCUT2D eigenvalue weighted by molar-refractivity contribution is 0.0942. The molecule has 0 fully saturated rings. The number of nitrogens with zero attached hydrogens (tertiary/aromatic N) is 1. The predicted molar refractivity (Wildman–Crippen MR) is 59.3 cm³/mol. The monoisotopic (exact) mass is 256 g/mol. The highest BCUT2D eigenvalue weighted by Gasteiger charge is 2.10. The number of hydrogen-bond donors (Lipinski definition) is 1. The molecule has 1 N–H and O–H groups in total. The van der Waals surface area contributed by atoms with Crippen molar-refractivity contribution in [3.8, 4) is 0 Å². The van der Waals surface area contributed by atoms with Crippen LogP contribution in [0.25, 0.3) is 0 Å². The summed E-state index contributed by atoms with van der Waals surface area (Å²) in [5.41, 5.74) is 1.36. The predicted octanol–water partition coefficient (Wildman–Crippen LogP) is 2.29. The smallest absolute Gasteiger partial charge is 0.253 e. The van der Waals surface area contributed by atoms with E-state index in [4.69, 9.17) is 0 Å². The highest BCUT2D eigenvalue weighted by molar-refractivity contribution is 9.10. The molecule has 1 aromatic rings. The molecule has 1 amide bonds. The largest absolute Gasteiger partial charge is 0.350 e. The number of halogens is 1. The minimum Gasteiger partial charge on any atom is -0.350 e. The van der Waals surface area contributed by atoms with Crippen LogP contribution >= 0.6 is 15.9 Å². The van der Waals surface area contributed by atoms with Gasteiger partial charge in [0.2, 0.25) is 0 Å². The van der Waals surface area contributed by atoms with Crippen LogP contribution in [0.5, 0.6) is 0 Å². The van der Waals surface area contributed by atoms with Crippen LogP contribution < -0.4 is 5.32 Å². The Kier molecular flexibility index (Phi) is 3.63. The lowest BCUT2D eigenvalue weighted by atomic mass is 10.2. The van der Waals surface area contributed by atoms with Crippen LogP contribution in [0, 0.1) is 6.92 Å². The summed E-state index contributed by atoms with van der Waals surface area (Å²) in [5.74, 6) is -0.0775. The van der Waals surface area contributed by atoms with E-state index in [-0.39, 0.29) is 11.9 Å². The van der Waals surface area contributed by atoms with E-state index in [0.717, 1.165) is 10.2 Å². The molecule has 0 saturated heterocycles.